The number of amides is 1. The summed E-state index contributed by atoms with van der Waals surface area (Å²) in [4.78, 5) is 11.4. The molecule has 1 unspecified atom stereocenters. The van der Waals surface area contributed by atoms with E-state index < -0.39 is 5.91 Å². The molecule has 1 fully saturated rings. The van der Waals surface area contributed by atoms with Crippen LogP contribution >= 0.6 is 15.9 Å². The molecular formula is C11H14BrN3O. The molecule has 4 nitrogen and oxygen atoms in total. The van der Waals surface area contributed by atoms with Crippen molar-refractivity contribution in [3.05, 3.63) is 28.2 Å². The minimum absolute atomic E-state index is 0.368. The lowest BCUT2D eigenvalue weighted by Crippen LogP contribution is -2.24. The Hall–Kier alpha value is -1.07. The van der Waals surface area contributed by atoms with Crippen molar-refractivity contribution in [3.8, 4) is 0 Å². The normalized spacial score (nSPS) is 19.7. The maximum absolute atomic E-state index is 11.4. The zero-order valence-electron chi connectivity index (χ0n) is 8.79. The van der Waals surface area contributed by atoms with E-state index in [1.807, 2.05) is 18.2 Å². The van der Waals surface area contributed by atoms with Crippen LogP contribution in [0.2, 0.25) is 0 Å². The van der Waals surface area contributed by atoms with E-state index in [0.29, 0.717) is 11.6 Å². The number of hydrogen-bond acceptors (Lipinski definition) is 3. The van der Waals surface area contributed by atoms with Gasteiger partial charge in [0, 0.05) is 22.7 Å². The molecule has 0 radical (unpaired) electrons. The highest BCUT2D eigenvalue weighted by atomic mass is 79.9. The monoisotopic (exact) mass is 283 g/mol. The van der Waals surface area contributed by atoms with Gasteiger partial charge < -0.3 is 16.4 Å². The summed E-state index contributed by atoms with van der Waals surface area (Å²) in [5.41, 5.74) is 6.69. The van der Waals surface area contributed by atoms with E-state index in [4.69, 9.17) is 5.73 Å². The van der Waals surface area contributed by atoms with Crippen molar-refractivity contribution < 1.29 is 4.79 Å². The summed E-state index contributed by atoms with van der Waals surface area (Å²) in [6.45, 7) is 1.93. The standard InChI is InChI=1S/C11H14BrN3O/c12-8-2-1-3-9(10(8)11(13)16)15-7-4-5-14-6-7/h1-3,7,14-15H,4-6H2,(H2,13,16). The number of carbonyl (C=O) groups is 1. The second kappa shape index (κ2) is 4.84. The molecule has 16 heavy (non-hydrogen) atoms. The van der Waals surface area contributed by atoms with Crippen LogP contribution in [0.3, 0.4) is 0 Å². The van der Waals surface area contributed by atoms with Gasteiger partial charge in [-0.2, -0.15) is 0 Å². The van der Waals surface area contributed by atoms with E-state index in [1.165, 1.54) is 0 Å². The van der Waals surface area contributed by atoms with Crippen LogP contribution in [0.15, 0.2) is 22.7 Å². The minimum atomic E-state index is -0.416. The Morgan fingerprint density at radius 1 is 1.56 bits per heavy atom. The fourth-order valence-corrected chi connectivity index (χ4v) is 2.45. The highest BCUT2D eigenvalue weighted by Gasteiger charge is 2.18. The Bertz CT molecular complexity index is 402. The molecule has 1 aliphatic rings. The van der Waals surface area contributed by atoms with E-state index in [1.54, 1.807) is 0 Å². The average molecular weight is 284 g/mol. The summed E-state index contributed by atoms with van der Waals surface area (Å²) in [5, 5.41) is 6.60. The van der Waals surface area contributed by atoms with E-state index in [-0.39, 0.29) is 0 Å². The summed E-state index contributed by atoms with van der Waals surface area (Å²) >= 11 is 3.34. The van der Waals surface area contributed by atoms with Crippen molar-refractivity contribution in [2.24, 2.45) is 5.73 Å². The van der Waals surface area contributed by atoms with E-state index in [0.717, 1.165) is 29.7 Å². The molecule has 0 spiro atoms. The first kappa shape index (κ1) is 11.4. The third-order valence-corrected chi connectivity index (χ3v) is 3.34. The maximum atomic E-state index is 11.4. The van der Waals surface area contributed by atoms with Crippen molar-refractivity contribution in [2.75, 3.05) is 18.4 Å². The molecule has 1 aromatic rings. The Balaban J connectivity index is 2.25. The Kier molecular flexibility index (Phi) is 3.46. The number of nitrogens with one attached hydrogen (secondary N) is 2. The zero-order chi connectivity index (χ0) is 11.5. The van der Waals surface area contributed by atoms with Crippen molar-refractivity contribution >= 4 is 27.5 Å². The first-order valence-corrected chi connectivity index (χ1v) is 6.03. The predicted octanol–water partition coefficient (Wildman–Crippen LogP) is 1.32. The molecule has 1 saturated heterocycles. The smallest absolute Gasteiger partial charge is 0.251 e. The number of halogens is 1. The fourth-order valence-electron chi connectivity index (χ4n) is 1.89. The number of primary amides is 1. The number of anilines is 1. The van der Waals surface area contributed by atoms with Crippen LogP contribution < -0.4 is 16.4 Å². The number of rotatable bonds is 3. The molecule has 1 atom stereocenters. The quantitative estimate of drug-likeness (QED) is 0.784. The molecule has 1 heterocycles. The van der Waals surface area contributed by atoms with Gasteiger partial charge in [-0.15, -0.1) is 0 Å². The zero-order valence-corrected chi connectivity index (χ0v) is 10.4. The first-order chi connectivity index (χ1) is 7.68. The molecule has 1 aromatic carbocycles. The predicted molar refractivity (Wildman–Crippen MR) is 67.6 cm³/mol. The molecule has 1 aliphatic heterocycles. The first-order valence-electron chi connectivity index (χ1n) is 5.24. The van der Waals surface area contributed by atoms with Gasteiger partial charge in [0.05, 0.1) is 5.56 Å². The summed E-state index contributed by atoms with van der Waals surface area (Å²) in [5.74, 6) is -0.416. The van der Waals surface area contributed by atoms with Crippen LogP contribution in [0.1, 0.15) is 16.8 Å². The molecule has 1 amide bonds. The van der Waals surface area contributed by atoms with Gasteiger partial charge >= 0.3 is 0 Å². The summed E-state index contributed by atoms with van der Waals surface area (Å²) in [6, 6.07) is 5.95. The number of hydrogen-bond donors (Lipinski definition) is 3. The third kappa shape index (κ3) is 2.36. The summed E-state index contributed by atoms with van der Waals surface area (Å²) in [6.07, 6.45) is 1.06. The molecule has 0 saturated carbocycles. The molecule has 5 heteroatoms. The van der Waals surface area contributed by atoms with Gasteiger partial charge in [-0.1, -0.05) is 6.07 Å². The van der Waals surface area contributed by atoms with Gasteiger partial charge in [-0.05, 0) is 41.0 Å². The van der Waals surface area contributed by atoms with Gasteiger partial charge in [0.2, 0.25) is 0 Å². The van der Waals surface area contributed by atoms with Gasteiger partial charge in [-0.3, -0.25) is 4.79 Å². The average Bonchev–Trinajstić information content (AvgIpc) is 2.70. The van der Waals surface area contributed by atoms with Gasteiger partial charge in [0.1, 0.15) is 0 Å². The second-order valence-corrected chi connectivity index (χ2v) is 4.72. The second-order valence-electron chi connectivity index (χ2n) is 3.86. The minimum Gasteiger partial charge on any atom is -0.380 e. The van der Waals surface area contributed by atoms with Crippen molar-refractivity contribution in [3.63, 3.8) is 0 Å². The van der Waals surface area contributed by atoms with Crippen LogP contribution in [0.25, 0.3) is 0 Å². The number of carbonyl (C=O) groups excluding carboxylic acids is 1. The Morgan fingerprint density at radius 3 is 3.00 bits per heavy atom. The summed E-state index contributed by atoms with van der Waals surface area (Å²) < 4.78 is 0.732. The third-order valence-electron chi connectivity index (χ3n) is 2.68. The molecule has 0 aliphatic carbocycles. The largest absolute Gasteiger partial charge is 0.380 e. The Labute approximate surface area is 103 Å². The molecule has 86 valence electrons. The van der Waals surface area contributed by atoms with E-state index in [2.05, 4.69) is 26.6 Å². The molecular weight excluding hydrogens is 270 g/mol. The maximum Gasteiger partial charge on any atom is 0.251 e. The van der Waals surface area contributed by atoms with Gasteiger partial charge in [0.15, 0.2) is 0 Å². The van der Waals surface area contributed by atoms with Gasteiger partial charge in [-0.25, -0.2) is 0 Å². The highest BCUT2D eigenvalue weighted by molar-refractivity contribution is 9.10. The van der Waals surface area contributed by atoms with Crippen molar-refractivity contribution in [1.82, 2.24) is 5.32 Å². The molecule has 4 N–H and O–H groups in total. The topological polar surface area (TPSA) is 67.2 Å². The van der Waals surface area contributed by atoms with Crippen LogP contribution in [0, 0.1) is 0 Å². The van der Waals surface area contributed by atoms with Crippen LogP contribution in [0.4, 0.5) is 5.69 Å². The molecule has 2 rings (SSSR count). The van der Waals surface area contributed by atoms with E-state index >= 15 is 0 Å². The van der Waals surface area contributed by atoms with Gasteiger partial charge in [0.25, 0.3) is 5.91 Å². The van der Waals surface area contributed by atoms with Crippen LogP contribution in [-0.4, -0.2) is 25.0 Å². The van der Waals surface area contributed by atoms with E-state index in [9.17, 15) is 4.79 Å². The Morgan fingerprint density at radius 2 is 2.38 bits per heavy atom. The molecule has 0 aromatic heterocycles. The lowest BCUT2D eigenvalue weighted by atomic mass is 10.1. The number of benzene rings is 1. The van der Waals surface area contributed by atoms with Crippen molar-refractivity contribution in [1.29, 1.82) is 0 Å². The van der Waals surface area contributed by atoms with Crippen LogP contribution in [0.5, 0.6) is 0 Å². The SMILES string of the molecule is NC(=O)c1c(Br)cccc1NC1CCNC1. The summed E-state index contributed by atoms with van der Waals surface area (Å²) in [7, 11) is 0. The molecule has 0 bridgehead atoms. The lowest BCUT2D eigenvalue weighted by molar-refractivity contribution is 0.100. The number of nitrogens with two attached hydrogens (primary N) is 1. The van der Waals surface area contributed by atoms with Crippen molar-refractivity contribution in [2.45, 2.75) is 12.5 Å². The van der Waals surface area contributed by atoms with Crippen LogP contribution in [-0.2, 0) is 0 Å². The lowest BCUT2D eigenvalue weighted by Gasteiger charge is -2.16. The fraction of sp³-hybridized carbons (Fsp3) is 0.364. The highest BCUT2D eigenvalue weighted by Crippen LogP contribution is 2.25.